The van der Waals surface area contributed by atoms with Crippen LogP contribution in [-0.4, -0.2) is 42.5 Å². The zero-order valence-electron chi connectivity index (χ0n) is 3.69. The second-order valence-corrected chi connectivity index (χ2v) is 0.523. The third-order valence-electron chi connectivity index (χ3n) is 0.167. The Labute approximate surface area is 66.1 Å². The Bertz CT molecular complexity index is 64.0. The van der Waals surface area contributed by atoms with Gasteiger partial charge in [-0.1, -0.05) is 6.58 Å². The zero-order valence-corrected chi connectivity index (χ0v) is 5.89. The molecule has 36 valence electrons. The fourth-order valence-electron chi connectivity index (χ4n) is 0. The molecule has 0 bridgehead atoms. The number of carbonyl (C=O) groups is 1. The summed E-state index contributed by atoms with van der Waals surface area (Å²) in [7, 11) is 0. The number of carboxylic acids is 1. The summed E-state index contributed by atoms with van der Waals surface area (Å²) in [6, 6.07) is 0. The zero-order chi connectivity index (χ0) is 6.28. The SMILES string of the molecule is C=CC(=O)[O-].[F][Ca+]. The van der Waals surface area contributed by atoms with Crippen molar-refractivity contribution in [1.29, 1.82) is 0 Å². The molecule has 4 heteroatoms. The van der Waals surface area contributed by atoms with Gasteiger partial charge in [0.1, 0.15) is 0 Å². The third-order valence-corrected chi connectivity index (χ3v) is 0.167. The summed E-state index contributed by atoms with van der Waals surface area (Å²) < 4.78 is 9.62. The van der Waals surface area contributed by atoms with Crippen LogP contribution < -0.4 is 5.11 Å². The van der Waals surface area contributed by atoms with Crippen molar-refractivity contribution in [3.63, 3.8) is 0 Å². The van der Waals surface area contributed by atoms with Gasteiger partial charge in [0.2, 0.25) is 0 Å². The van der Waals surface area contributed by atoms with Crippen LogP contribution in [0.4, 0.5) is 1.36 Å². The van der Waals surface area contributed by atoms with Crippen LogP contribution in [0.25, 0.3) is 0 Å². The first kappa shape index (κ1) is 10.4. The summed E-state index contributed by atoms with van der Waals surface area (Å²) in [4.78, 5) is 9.14. The molecule has 0 atom stereocenters. The molecule has 0 aromatic heterocycles. The number of aliphatic carboxylic acids is 1. The summed E-state index contributed by atoms with van der Waals surface area (Å²) in [5.74, 6) is -1.23. The van der Waals surface area contributed by atoms with Crippen LogP contribution >= 0.6 is 0 Å². The molecule has 0 aliphatic heterocycles. The van der Waals surface area contributed by atoms with Crippen LogP contribution in [0.1, 0.15) is 0 Å². The Balaban J connectivity index is 0. The monoisotopic (exact) mass is 130 g/mol. The third kappa shape index (κ3) is 21.5. The van der Waals surface area contributed by atoms with Crippen molar-refractivity contribution < 1.29 is 11.3 Å². The fraction of sp³-hybridized carbons (Fsp3) is 0. The Hall–Kier alpha value is 0.400. The molecular weight excluding hydrogens is 127 g/mol. The minimum atomic E-state index is -1.23. The van der Waals surface area contributed by atoms with E-state index in [1.54, 1.807) is 0 Å². The molecule has 0 N–H and O–H groups in total. The maximum absolute atomic E-state index is 9.62. The molecule has 0 aliphatic rings. The van der Waals surface area contributed by atoms with Crippen molar-refractivity contribution >= 4 is 42.5 Å². The van der Waals surface area contributed by atoms with Gasteiger partial charge in [-0.3, -0.25) is 0 Å². The molecule has 0 unspecified atom stereocenters. The standard InChI is InChI=1S/C3H4O2.Ca.FH/c1-2-3(4)5;;/h2H,1H2,(H,4,5);;1H/q;+2;/p-2. The molecule has 0 rings (SSSR count). The number of carboxylic acid groups (broad SMARTS) is 1. The van der Waals surface area contributed by atoms with Crippen LogP contribution in [0.3, 0.4) is 0 Å². The van der Waals surface area contributed by atoms with Gasteiger partial charge in [-0.2, -0.15) is 0 Å². The van der Waals surface area contributed by atoms with E-state index in [0.717, 1.165) is 6.08 Å². The van der Waals surface area contributed by atoms with Crippen molar-refractivity contribution in [2.75, 3.05) is 0 Å². The first-order valence-electron chi connectivity index (χ1n) is 1.37. The Morgan fingerprint density at radius 2 is 2.00 bits per heavy atom. The van der Waals surface area contributed by atoms with E-state index in [9.17, 15) is 1.36 Å². The van der Waals surface area contributed by atoms with Gasteiger partial charge in [0.15, 0.2) is 0 Å². The average molecular weight is 130 g/mol. The Morgan fingerprint density at radius 3 is 2.00 bits per heavy atom. The van der Waals surface area contributed by atoms with E-state index in [4.69, 9.17) is 9.90 Å². The van der Waals surface area contributed by atoms with Crippen LogP contribution in [0, 0.1) is 0 Å². The van der Waals surface area contributed by atoms with E-state index in [2.05, 4.69) is 6.58 Å². The predicted molar refractivity (Wildman–Crippen MR) is 22.1 cm³/mol. The fourth-order valence-corrected chi connectivity index (χ4v) is 0. The van der Waals surface area contributed by atoms with Gasteiger partial charge in [-0.15, -0.1) is 0 Å². The molecule has 2 nitrogen and oxygen atoms in total. The summed E-state index contributed by atoms with van der Waals surface area (Å²) in [6.07, 6.45) is 0.722. The van der Waals surface area contributed by atoms with Gasteiger partial charge in [0, 0.05) is 0 Å². The molecule has 0 aromatic carbocycles. The van der Waals surface area contributed by atoms with E-state index in [-0.39, 0.29) is 36.6 Å². The van der Waals surface area contributed by atoms with Crippen molar-refractivity contribution in [1.82, 2.24) is 0 Å². The number of carbonyl (C=O) groups excluding carboxylic acids is 1. The Kier molecular flexibility index (Phi) is 14.3. The van der Waals surface area contributed by atoms with Gasteiger partial charge in [-0.25, -0.2) is 0 Å². The number of hydrogen-bond acceptors (Lipinski definition) is 2. The molecule has 0 aromatic rings. The molecule has 0 aliphatic carbocycles. The number of hydrogen-bond donors (Lipinski definition) is 0. The van der Waals surface area contributed by atoms with E-state index < -0.39 is 5.97 Å². The molecule has 0 fully saturated rings. The van der Waals surface area contributed by atoms with E-state index in [1.165, 1.54) is 0 Å². The number of halogens is 1. The summed E-state index contributed by atoms with van der Waals surface area (Å²) >= 11 is -0.125. The van der Waals surface area contributed by atoms with Gasteiger partial charge in [-0.05, 0) is 6.08 Å². The van der Waals surface area contributed by atoms with Gasteiger partial charge >= 0.3 is 37.9 Å². The Morgan fingerprint density at radius 1 is 1.86 bits per heavy atom. The first-order valence-corrected chi connectivity index (χ1v) is 2.21. The first-order chi connectivity index (χ1) is 3.27. The molecule has 0 radical (unpaired) electrons. The van der Waals surface area contributed by atoms with E-state index in [0.29, 0.717) is 0 Å². The predicted octanol–water partition coefficient (Wildman–Crippen LogP) is -1.04. The van der Waals surface area contributed by atoms with Gasteiger partial charge < -0.3 is 9.90 Å². The summed E-state index contributed by atoms with van der Waals surface area (Å²) in [5.41, 5.74) is 0. The second-order valence-electron chi connectivity index (χ2n) is 0.523. The minimum absolute atomic E-state index is 0.125. The van der Waals surface area contributed by atoms with Gasteiger partial charge in [0.25, 0.3) is 0 Å². The van der Waals surface area contributed by atoms with E-state index >= 15 is 0 Å². The maximum atomic E-state index is 9.62. The molecule has 0 saturated carbocycles. The molecule has 0 saturated heterocycles. The van der Waals surface area contributed by atoms with Crippen molar-refractivity contribution in [2.45, 2.75) is 0 Å². The molecule has 7 heavy (non-hydrogen) atoms. The number of rotatable bonds is 1. The quantitative estimate of drug-likeness (QED) is 0.336. The topological polar surface area (TPSA) is 40.1 Å². The molecule has 0 heterocycles. The molecular formula is C3H3CaFO2. The van der Waals surface area contributed by atoms with Gasteiger partial charge in [0.05, 0.1) is 5.97 Å². The van der Waals surface area contributed by atoms with Crippen LogP contribution in [0.15, 0.2) is 12.7 Å². The van der Waals surface area contributed by atoms with E-state index in [1.807, 2.05) is 0 Å². The molecule has 0 spiro atoms. The van der Waals surface area contributed by atoms with Crippen LogP contribution in [0.2, 0.25) is 0 Å². The van der Waals surface area contributed by atoms with Crippen LogP contribution in [-0.2, 0) is 4.79 Å². The summed E-state index contributed by atoms with van der Waals surface area (Å²) in [5, 5.41) is 9.14. The second kappa shape index (κ2) is 9.64. The average Bonchev–Trinajstić information content (AvgIpc) is 1.73. The van der Waals surface area contributed by atoms with Crippen molar-refractivity contribution in [3.05, 3.63) is 12.7 Å². The van der Waals surface area contributed by atoms with Crippen LogP contribution in [0.5, 0.6) is 0 Å². The molecule has 0 amide bonds. The van der Waals surface area contributed by atoms with Crippen molar-refractivity contribution in [2.24, 2.45) is 0 Å². The summed E-state index contributed by atoms with van der Waals surface area (Å²) in [6.45, 7) is 2.90. The van der Waals surface area contributed by atoms with Crippen molar-refractivity contribution in [3.8, 4) is 0 Å². The normalized spacial score (nSPS) is 5.57.